The van der Waals surface area contributed by atoms with E-state index >= 15 is 0 Å². The lowest BCUT2D eigenvalue weighted by Gasteiger charge is -2.35. The Bertz CT molecular complexity index is 802. The lowest BCUT2D eigenvalue weighted by Crippen LogP contribution is -2.49. The molecule has 2 aromatic rings. The summed E-state index contributed by atoms with van der Waals surface area (Å²) in [5.74, 6) is 0.578. The monoisotopic (exact) mass is 385 g/mol. The second kappa shape index (κ2) is 9.36. The first-order valence-electron chi connectivity index (χ1n) is 9.60. The molecule has 1 aromatic heterocycles. The van der Waals surface area contributed by atoms with Crippen LogP contribution in [0.1, 0.15) is 36.2 Å². The van der Waals surface area contributed by atoms with Gasteiger partial charge in [-0.25, -0.2) is 4.68 Å². The third-order valence-electron chi connectivity index (χ3n) is 4.94. The van der Waals surface area contributed by atoms with E-state index in [4.69, 9.17) is 10.5 Å². The Morgan fingerprint density at radius 1 is 1.25 bits per heavy atom. The molecule has 3 N–H and O–H groups in total. The van der Waals surface area contributed by atoms with E-state index in [1.54, 1.807) is 24.1 Å². The van der Waals surface area contributed by atoms with Crippen LogP contribution in [-0.4, -0.2) is 59.3 Å². The molecule has 1 aliphatic heterocycles. The zero-order valence-electron chi connectivity index (χ0n) is 16.1. The highest BCUT2D eigenvalue weighted by atomic mass is 16.5. The SMILES string of the molecule is COc1ccc(-n2ccc(C(=O)N3CCCCC3CNC(=O)CCN)n2)cc1. The lowest BCUT2D eigenvalue weighted by atomic mass is 10.0. The molecule has 1 aliphatic rings. The number of nitrogens with two attached hydrogens (primary N) is 1. The Morgan fingerprint density at radius 2 is 2.04 bits per heavy atom. The molecule has 150 valence electrons. The van der Waals surface area contributed by atoms with Crippen molar-refractivity contribution in [3.8, 4) is 11.4 Å². The number of carbonyl (C=O) groups excluding carboxylic acids is 2. The van der Waals surface area contributed by atoms with Crippen molar-refractivity contribution in [2.75, 3.05) is 26.7 Å². The van der Waals surface area contributed by atoms with Crippen LogP contribution in [0.5, 0.6) is 5.75 Å². The molecule has 1 atom stereocenters. The van der Waals surface area contributed by atoms with E-state index in [0.29, 0.717) is 31.7 Å². The summed E-state index contributed by atoms with van der Waals surface area (Å²) in [7, 11) is 1.62. The first-order chi connectivity index (χ1) is 13.6. The van der Waals surface area contributed by atoms with Gasteiger partial charge in [0.05, 0.1) is 12.8 Å². The molecule has 8 heteroatoms. The van der Waals surface area contributed by atoms with E-state index < -0.39 is 0 Å². The van der Waals surface area contributed by atoms with Crippen LogP contribution < -0.4 is 15.8 Å². The van der Waals surface area contributed by atoms with Gasteiger partial charge in [0.15, 0.2) is 5.69 Å². The van der Waals surface area contributed by atoms with E-state index in [2.05, 4.69) is 10.4 Å². The summed E-state index contributed by atoms with van der Waals surface area (Å²) in [6.07, 6.45) is 4.94. The van der Waals surface area contributed by atoms with Crippen molar-refractivity contribution in [2.45, 2.75) is 31.7 Å². The number of carbonyl (C=O) groups is 2. The fourth-order valence-corrected chi connectivity index (χ4v) is 3.40. The van der Waals surface area contributed by atoms with Gasteiger partial charge in [0, 0.05) is 38.3 Å². The van der Waals surface area contributed by atoms with Crippen LogP contribution in [0, 0.1) is 0 Å². The minimum Gasteiger partial charge on any atom is -0.497 e. The van der Waals surface area contributed by atoms with Crippen LogP contribution in [0.2, 0.25) is 0 Å². The maximum atomic E-state index is 13.0. The summed E-state index contributed by atoms with van der Waals surface area (Å²) >= 11 is 0. The van der Waals surface area contributed by atoms with Gasteiger partial charge < -0.3 is 20.7 Å². The van der Waals surface area contributed by atoms with Crippen molar-refractivity contribution in [1.82, 2.24) is 20.0 Å². The molecule has 1 fully saturated rings. The number of rotatable bonds is 7. The molecular weight excluding hydrogens is 358 g/mol. The van der Waals surface area contributed by atoms with Gasteiger partial charge in [0.25, 0.3) is 5.91 Å². The van der Waals surface area contributed by atoms with Crippen molar-refractivity contribution < 1.29 is 14.3 Å². The number of ether oxygens (including phenoxy) is 1. The number of hydrogen-bond donors (Lipinski definition) is 2. The molecule has 0 spiro atoms. The quantitative estimate of drug-likeness (QED) is 0.749. The van der Waals surface area contributed by atoms with Gasteiger partial charge in [-0.15, -0.1) is 0 Å². The van der Waals surface area contributed by atoms with Crippen molar-refractivity contribution in [1.29, 1.82) is 0 Å². The van der Waals surface area contributed by atoms with E-state index in [0.717, 1.165) is 30.7 Å². The van der Waals surface area contributed by atoms with Gasteiger partial charge in [-0.3, -0.25) is 9.59 Å². The number of aromatic nitrogens is 2. The van der Waals surface area contributed by atoms with Crippen molar-refractivity contribution in [2.24, 2.45) is 5.73 Å². The highest BCUT2D eigenvalue weighted by Crippen LogP contribution is 2.20. The third kappa shape index (κ3) is 4.69. The number of nitrogens with one attached hydrogen (secondary N) is 1. The Kier molecular flexibility index (Phi) is 6.65. The molecule has 8 nitrogen and oxygen atoms in total. The third-order valence-corrected chi connectivity index (χ3v) is 4.94. The molecule has 1 unspecified atom stereocenters. The van der Waals surface area contributed by atoms with E-state index in [9.17, 15) is 9.59 Å². The van der Waals surface area contributed by atoms with Crippen LogP contribution in [0.15, 0.2) is 36.5 Å². The van der Waals surface area contributed by atoms with E-state index in [-0.39, 0.29) is 17.9 Å². The molecule has 2 heterocycles. The first-order valence-corrected chi connectivity index (χ1v) is 9.60. The summed E-state index contributed by atoms with van der Waals surface area (Å²) in [5.41, 5.74) is 6.66. The molecular formula is C20H27N5O3. The zero-order chi connectivity index (χ0) is 19.9. The van der Waals surface area contributed by atoms with Gasteiger partial charge in [-0.2, -0.15) is 5.10 Å². The zero-order valence-corrected chi connectivity index (χ0v) is 16.1. The number of hydrogen-bond acceptors (Lipinski definition) is 5. The molecule has 1 aromatic carbocycles. The fourth-order valence-electron chi connectivity index (χ4n) is 3.40. The molecule has 0 bridgehead atoms. The number of likely N-dealkylation sites (tertiary alicyclic amines) is 1. The maximum absolute atomic E-state index is 13.0. The van der Waals surface area contributed by atoms with Crippen LogP contribution in [-0.2, 0) is 4.79 Å². The first kappa shape index (κ1) is 19.9. The molecule has 1 saturated heterocycles. The summed E-state index contributed by atoms with van der Waals surface area (Å²) in [6.45, 7) is 1.44. The van der Waals surface area contributed by atoms with Crippen LogP contribution >= 0.6 is 0 Å². The standard InChI is InChI=1S/C20H27N5O3/c1-28-17-7-5-15(6-8-17)25-13-10-18(23-25)20(27)24-12-3-2-4-16(24)14-22-19(26)9-11-21/h5-8,10,13,16H,2-4,9,11-12,14,21H2,1H3,(H,22,26). The van der Waals surface area contributed by atoms with Crippen molar-refractivity contribution in [3.63, 3.8) is 0 Å². The largest absolute Gasteiger partial charge is 0.497 e. The van der Waals surface area contributed by atoms with Crippen LogP contribution in [0.25, 0.3) is 5.69 Å². The van der Waals surface area contributed by atoms with E-state index in [1.807, 2.05) is 29.2 Å². The molecule has 0 saturated carbocycles. The van der Waals surface area contributed by atoms with Gasteiger partial charge >= 0.3 is 0 Å². The minimum atomic E-state index is -0.106. The highest BCUT2D eigenvalue weighted by molar-refractivity contribution is 5.92. The number of piperidine rings is 1. The van der Waals surface area contributed by atoms with Crippen molar-refractivity contribution >= 4 is 11.8 Å². The average Bonchev–Trinajstić information content (AvgIpc) is 3.22. The highest BCUT2D eigenvalue weighted by Gasteiger charge is 2.29. The second-order valence-electron chi connectivity index (χ2n) is 6.83. The summed E-state index contributed by atoms with van der Waals surface area (Å²) in [4.78, 5) is 26.6. The number of benzene rings is 1. The summed E-state index contributed by atoms with van der Waals surface area (Å²) < 4.78 is 6.84. The second-order valence-corrected chi connectivity index (χ2v) is 6.83. The molecule has 28 heavy (non-hydrogen) atoms. The lowest BCUT2D eigenvalue weighted by molar-refractivity contribution is -0.121. The molecule has 0 radical (unpaired) electrons. The minimum absolute atomic E-state index is 0.0193. The fraction of sp³-hybridized carbons (Fsp3) is 0.450. The van der Waals surface area contributed by atoms with Gasteiger partial charge in [-0.05, 0) is 49.6 Å². The smallest absolute Gasteiger partial charge is 0.274 e. The normalized spacial score (nSPS) is 16.6. The number of nitrogens with zero attached hydrogens (tertiary/aromatic N) is 3. The Hall–Kier alpha value is -2.87. The van der Waals surface area contributed by atoms with Gasteiger partial charge in [-0.1, -0.05) is 0 Å². The maximum Gasteiger partial charge on any atom is 0.274 e. The summed E-state index contributed by atoms with van der Waals surface area (Å²) in [6, 6.07) is 9.18. The number of amides is 2. The topological polar surface area (TPSA) is 102 Å². The van der Waals surface area contributed by atoms with Gasteiger partial charge in [0.2, 0.25) is 5.91 Å². The Balaban J connectivity index is 1.69. The van der Waals surface area contributed by atoms with Gasteiger partial charge in [0.1, 0.15) is 5.75 Å². The Labute approximate surface area is 164 Å². The van der Waals surface area contributed by atoms with E-state index in [1.165, 1.54) is 0 Å². The number of methoxy groups -OCH3 is 1. The predicted octanol–water partition coefficient (Wildman–Crippen LogP) is 1.34. The average molecular weight is 385 g/mol. The molecule has 2 amide bonds. The molecule has 0 aliphatic carbocycles. The van der Waals surface area contributed by atoms with Crippen LogP contribution in [0.4, 0.5) is 0 Å². The molecule has 3 rings (SSSR count). The summed E-state index contributed by atoms with van der Waals surface area (Å²) in [5, 5.41) is 7.33. The predicted molar refractivity (Wildman–Crippen MR) is 105 cm³/mol. The van der Waals surface area contributed by atoms with Crippen molar-refractivity contribution in [3.05, 3.63) is 42.2 Å². The van der Waals surface area contributed by atoms with Crippen LogP contribution in [0.3, 0.4) is 0 Å². The Morgan fingerprint density at radius 3 is 2.75 bits per heavy atom.